The molecule has 0 atom stereocenters. The second-order valence-corrected chi connectivity index (χ2v) is 4.81. The normalized spacial score (nSPS) is 16.4. The Hall–Kier alpha value is -1.55. The zero-order chi connectivity index (χ0) is 13.5. The molecule has 2 rings (SSSR count). The van der Waals surface area contributed by atoms with Crippen LogP contribution in [0.5, 0.6) is 5.75 Å². The van der Waals surface area contributed by atoms with Gasteiger partial charge in [0.15, 0.2) is 0 Å². The maximum absolute atomic E-state index is 10.3. The second kappa shape index (κ2) is 7.14. The molecule has 0 aromatic heterocycles. The number of para-hydroxylation sites is 2. The van der Waals surface area contributed by atoms with Crippen LogP contribution in [0.2, 0.25) is 0 Å². The van der Waals surface area contributed by atoms with Crippen LogP contribution >= 0.6 is 0 Å². The zero-order valence-electron chi connectivity index (χ0n) is 11.5. The summed E-state index contributed by atoms with van der Waals surface area (Å²) in [5, 5.41) is 0. The fourth-order valence-electron chi connectivity index (χ4n) is 2.50. The fourth-order valence-corrected chi connectivity index (χ4v) is 2.50. The topological polar surface area (TPSA) is 32.8 Å². The van der Waals surface area contributed by atoms with Crippen molar-refractivity contribution in [3.05, 3.63) is 24.3 Å². The van der Waals surface area contributed by atoms with E-state index in [1.54, 1.807) is 7.11 Å². The molecule has 0 unspecified atom stereocenters. The van der Waals surface area contributed by atoms with E-state index in [9.17, 15) is 4.79 Å². The minimum absolute atomic E-state index is 0.673. The van der Waals surface area contributed by atoms with Gasteiger partial charge >= 0.3 is 0 Å². The lowest BCUT2D eigenvalue weighted by molar-refractivity contribution is -0.108. The van der Waals surface area contributed by atoms with Crippen molar-refractivity contribution in [3.63, 3.8) is 0 Å². The van der Waals surface area contributed by atoms with Gasteiger partial charge in [-0.05, 0) is 25.1 Å². The van der Waals surface area contributed by atoms with Crippen LogP contribution in [0.3, 0.4) is 0 Å². The molecule has 1 aromatic carbocycles. The molecule has 0 N–H and O–H groups in total. The Morgan fingerprint density at radius 1 is 1.21 bits per heavy atom. The quantitative estimate of drug-likeness (QED) is 0.578. The number of unbranched alkanes of at least 4 members (excludes halogenated alkanes) is 1. The number of hydrogen-bond acceptors (Lipinski definition) is 4. The SMILES string of the molecule is COc1ccccc1N1CCN(CCCC=O)CC1. The summed E-state index contributed by atoms with van der Waals surface area (Å²) >= 11 is 0. The third-order valence-electron chi connectivity index (χ3n) is 3.59. The molecular formula is C15H22N2O2. The summed E-state index contributed by atoms with van der Waals surface area (Å²) in [6.07, 6.45) is 2.65. The van der Waals surface area contributed by atoms with Crippen LogP contribution in [-0.4, -0.2) is 51.0 Å². The van der Waals surface area contributed by atoms with E-state index < -0.39 is 0 Å². The number of anilines is 1. The van der Waals surface area contributed by atoms with Gasteiger partial charge in [-0.1, -0.05) is 12.1 Å². The molecule has 0 aliphatic carbocycles. The number of methoxy groups -OCH3 is 1. The summed E-state index contributed by atoms with van der Waals surface area (Å²) in [5.74, 6) is 0.942. The monoisotopic (exact) mass is 262 g/mol. The van der Waals surface area contributed by atoms with Gasteiger partial charge in [-0.3, -0.25) is 4.90 Å². The van der Waals surface area contributed by atoms with Gasteiger partial charge in [0.1, 0.15) is 12.0 Å². The Labute approximate surface area is 115 Å². The molecule has 0 spiro atoms. The summed E-state index contributed by atoms with van der Waals surface area (Å²) in [5.41, 5.74) is 1.18. The smallest absolute Gasteiger partial charge is 0.142 e. The summed E-state index contributed by atoms with van der Waals surface area (Å²) in [6.45, 7) is 5.16. The number of rotatable bonds is 6. The lowest BCUT2D eigenvalue weighted by Gasteiger charge is -2.36. The highest BCUT2D eigenvalue weighted by Gasteiger charge is 2.18. The Bertz CT molecular complexity index is 401. The number of hydrogen-bond donors (Lipinski definition) is 0. The standard InChI is InChI=1S/C15H22N2O2/c1-19-15-7-3-2-6-14(15)17-11-9-16(10-12-17)8-4-5-13-18/h2-3,6-7,13H,4-5,8-12H2,1H3. The van der Waals surface area contributed by atoms with Gasteiger partial charge in [0.25, 0.3) is 0 Å². The second-order valence-electron chi connectivity index (χ2n) is 4.81. The van der Waals surface area contributed by atoms with Crippen LogP contribution in [0.1, 0.15) is 12.8 Å². The number of aldehydes is 1. The molecule has 0 bridgehead atoms. The van der Waals surface area contributed by atoms with Gasteiger partial charge in [0.05, 0.1) is 12.8 Å². The average Bonchev–Trinajstić information content (AvgIpc) is 2.48. The predicted molar refractivity (Wildman–Crippen MR) is 76.9 cm³/mol. The van der Waals surface area contributed by atoms with Gasteiger partial charge in [0.2, 0.25) is 0 Å². The van der Waals surface area contributed by atoms with E-state index in [-0.39, 0.29) is 0 Å². The van der Waals surface area contributed by atoms with Crippen molar-refractivity contribution in [2.45, 2.75) is 12.8 Å². The van der Waals surface area contributed by atoms with E-state index in [1.165, 1.54) is 5.69 Å². The van der Waals surface area contributed by atoms with Crippen LogP contribution in [0.15, 0.2) is 24.3 Å². The van der Waals surface area contributed by atoms with Crippen LogP contribution in [-0.2, 0) is 4.79 Å². The third kappa shape index (κ3) is 3.70. The van der Waals surface area contributed by atoms with Crippen molar-refractivity contribution in [1.29, 1.82) is 0 Å². The van der Waals surface area contributed by atoms with E-state index in [0.29, 0.717) is 6.42 Å². The fraction of sp³-hybridized carbons (Fsp3) is 0.533. The minimum atomic E-state index is 0.673. The summed E-state index contributed by atoms with van der Waals surface area (Å²) in [7, 11) is 1.72. The van der Waals surface area contributed by atoms with Crippen LogP contribution in [0, 0.1) is 0 Å². The highest BCUT2D eigenvalue weighted by atomic mass is 16.5. The molecule has 19 heavy (non-hydrogen) atoms. The van der Waals surface area contributed by atoms with E-state index >= 15 is 0 Å². The Morgan fingerprint density at radius 2 is 1.95 bits per heavy atom. The third-order valence-corrected chi connectivity index (χ3v) is 3.59. The lowest BCUT2D eigenvalue weighted by atomic mass is 10.2. The highest BCUT2D eigenvalue weighted by Crippen LogP contribution is 2.28. The van der Waals surface area contributed by atoms with Gasteiger partial charge in [-0.15, -0.1) is 0 Å². The van der Waals surface area contributed by atoms with Crippen LogP contribution in [0.4, 0.5) is 5.69 Å². The first-order chi connectivity index (χ1) is 9.35. The molecule has 0 radical (unpaired) electrons. The van der Waals surface area contributed by atoms with Crippen molar-refractivity contribution < 1.29 is 9.53 Å². The number of piperazine rings is 1. The van der Waals surface area contributed by atoms with Gasteiger partial charge in [0, 0.05) is 32.6 Å². The maximum atomic E-state index is 10.3. The predicted octanol–water partition coefficient (Wildman–Crippen LogP) is 1.80. The largest absolute Gasteiger partial charge is 0.495 e. The highest BCUT2D eigenvalue weighted by molar-refractivity contribution is 5.58. The van der Waals surface area contributed by atoms with Crippen molar-refractivity contribution in [2.75, 3.05) is 44.7 Å². The van der Waals surface area contributed by atoms with Gasteiger partial charge in [-0.2, -0.15) is 0 Å². The van der Waals surface area contributed by atoms with Crippen LogP contribution < -0.4 is 9.64 Å². The first kappa shape index (κ1) is 13.9. The lowest BCUT2D eigenvalue weighted by Crippen LogP contribution is -2.46. The molecule has 1 aliphatic rings. The molecule has 0 saturated carbocycles. The van der Waals surface area contributed by atoms with Crippen molar-refractivity contribution in [3.8, 4) is 5.75 Å². The van der Waals surface area contributed by atoms with Gasteiger partial charge in [-0.25, -0.2) is 0 Å². The number of carbonyl (C=O) groups is 1. The maximum Gasteiger partial charge on any atom is 0.142 e. The molecular weight excluding hydrogens is 240 g/mol. The molecule has 1 aromatic rings. The number of carbonyl (C=O) groups excluding carboxylic acids is 1. The minimum Gasteiger partial charge on any atom is -0.495 e. The number of nitrogens with zero attached hydrogens (tertiary/aromatic N) is 2. The first-order valence-corrected chi connectivity index (χ1v) is 6.89. The van der Waals surface area contributed by atoms with Crippen molar-refractivity contribution in [1.82, 2.24) is 4.90 Å². The van der Waals surface area contributed by atoms with Crippen molar-refractivity contribution in [2.24, 2.45) is 0 Å². The zero-order valence-corrected chi connectivity index (χ0v) is 11.5. The van der Waals surface area contributed by atoms with E-state index in [0.717, 1.165) is 51.2 Å². The van der Waals surface area contributed by atoms with Crippen LogP contribution in [0.25, 0.3) is 0 Å². The first-order valence-electron chi connectivity index (χ1n) is 6.89. The molecule has 1 aliphatic heterocycles. The van der Waals surface area contributed by atoms with E-state index in [2.05, 4.69) is 15.9 Å². The molecule has 4 nitrogen and oxygen atoms in total. The Balaban J connectivity index is 1.87. The molecule has 104 valence electrons. The van der Waals surface area contributed by atoms with Gasteiger partial charge < -0.3 is 14.4 Å². The molecule has 4 heteroatoms. The Kier molecular flexibility index (Phi) is 5.21. The Morgan fingerprint density at radius 3 is 2.63 bits per heavy atom. The van der Waals surface area contributed by atoms with E-state index in [4.69, 9.17) is 4.74 Å². The number of ether oxygens (including phenoxy) is 1. The molecule has 0 amide bonds. The summed E-state index contributed by atoms with van der Waals surface area (Å²) in [6, 6.07) is 8.17. The molecule has 1 heterocycles. The van der Waals surface area contributed by atoms with Crippen molar-refractivity contribution >= 4 is 12.0 Å². The number of benzene rings is 1. The summed E-state index contributed by atoms with van der Waals surface area (Å²) in [4.78, 5) is 15.1. The molecule has 1 fully saturated rings. The molecule has 1 saturated heterocycles. The van der Waals surface area contributed by atoms with E-state index in [1.807, 2.05) is 18.2 Å². The summed E-state index contributed by atoms with van der Waals surface area (Å²) < 4.78 is 5.41. The average molecular weight is 262 g/mol.